The first-order chi connectivity index (χ1) is 16.9. The molecule has 0 aromatic heterocycles. The van der Waals surface area contributed by atoms with Gasteiger partial charge in [0.2, 0.25) is 0 Å². The van der Waals surface area contributed by atoms with Crippen molar-refractivity contribution in [3.05, 3.63) is 78.4 Å². The Morgan fingerprint density at radius 3 is 1.86 bits per heavy atom. The molecule has 0 aliphatic heterocycles. The summed E-state index contributed by atoms with van der Waals surface area (Å²) in [6.07, 6.45) is 0. The van der Waals surface area contributed by atoms with Crippen molar-refractivity contribution in [3.63, 3.8) is 0 Å². The van der Waals surface area contributed by atoms with Crippen molar-refractivity contribution in [2.45, 2.75) is 16.7 Å². The second kappa shape index (κ2) is 9.54. The average Bonchev–Trinajstić information content (AvgIpc) is 2.81. The van der Waals surface area contributed by atoms with E-state index in [4.69, 9.17) is 5.73 Å². The van der Waals surface area contributed by atoms with Gasteiger partial charge in [-0.1, -0.05) is 18.2 Å². The Hall–Kier alpha value is -4.04. The van der Waals surface area contributed by atoms with E-state index in [9.17, 15) is 25.9 Å². The highest BCUT2D eigenvalue weighted by molar-refractivity contribution is 7.86. The highest BCUT2D eigenvalue weighted by Gasteiger charge is 2.16. The molecule has 0 saturated carbocycles. The SMILES string of the molecule is Cc1cc(N)ccc1/N=N/c1ccc(/N=N/c2ccccc2S(=O)(=O)O)c2ccc(S(=O)(=O)O)cc12. The normalized spacial score (nSPS) is 12.6. The number of nitrogens with two attached hydrogens (primary N) is 1. The van der Waals surface area contributed by atoms with Crippen LogP contribution in [0.4, 0.5) is 28.4 Å². The van der Waals surface area contributed by atoms with Gasteiger partial charge in [0.25, 0.3) is 20.2 Å². The van der Waals surface area contributed by atoms with Crippen LogP contribution in [-0.2, 0) is 20.2 Å². The summed E-state index contributed by atoms with van der Waals surface area (Å²) in [7, 11) is -9.05. The number of nitrogens with zero attached hydrogens (tertiary/aromatic N) is 4. The summed E-state index contributed by atoms with van der Waals surface area (Å²) in [5.74, 6) is 0. The minimum absolute atomic E-state index is 0.0923. The summed E-state index contributed by atoms with van der Waals surface area (Å²) in [6, 6.07) is 17.5. The van der Waals surface area contributed by atoms with Gasteiger partial charge in [-0.15, -0.1) is 15.3 Å². The Morgan fingerprint density at radius 2 is 1.22 bits per heavy atom. The fourth-order valence-corrected chi connectivity index (χ4v) is 4.53. The van der Waals surface area contributed by atoms with Crippen LogP contribution in [0.2, 0.25) is 0 Å². The number of hydrogen-bond donors (Lipinski definition) is 3. The van der Waals surface area contributed by atoms with E-state index in [1.807, 2.05) is 6.92 Å². The van der Waals surface area contributed by atoms with Crippen molar-refractivity contribution >= 4 is 59.4 Å². The number of rotatable bonds is 6. The average molecular weight is 526 g/mol. The molecule has 4 aromatic carbocycles. The predicted octanol–water partition coefficient (Wildman–Crippen LogP) is 6.05. The van der Waals surface area contributed by atoms with E-state index in [0.717, 1.165) is 5.56 Å². The summed E-state index contributed by atoms with van der Waals surface area (Å²) in [4.78, 5) is -0.781. The lowest BCUT2D eigenvalue weighted by Crippen LogP contribution is -1.97. The van der Waals surface area contributed by atoms with Crippen LogP contribution in [0.15, 0.2) is 103 Å². The van der Waals surface area contributed by atoms with Crippen molar-refractivity contribution in [2.75, 3.05) is 5.73 Å². The Kier molecular flexibility index (Phi) is 6.65. The molecule has 0 radical (unpaired) electrons. The number of anilines is 1. The summed E-state index contributed by atoms with van der Waals surface area (Å²) in [6.45, 7) is 1.81. The number of azo groups is 2. The number of aryl methyl sites for hydroxylation is 1. The third kappa shape index (κ3) is 5.44. The Morgan fingerprint density at radius 1 is 0.639 bits per heavy atom. The quantitative estimate of drug-likeness (QED) is 0.155. The van der Waals surface area contributed by atoms with Crippen molar-refractivity contribution in [1.29, 1.82) is 0 Å². The van der Waals surface area contributed by atoms with Gasteiger partial charge in [-0.2, -0.15) is 21.9 Å². The smallest absolute Gasteiger partial charge is 0.296 e. The second-order valence-corrected chi connectivity index (χ2v) is 10.5. The fourth-order valence-electron chi connectivity index (χ4n) is 3.40. The van der Waals surface area contributed by atoms with Crippen LogP contribution in [0.3, 0.4) is 0 Å². The second-order valence-electron chi connectivity index (χ2n) is 7.67. The van der Waals surface area contributed by atoms with Crippen LogP contribution in [0, 0.1) is 6.92 Å². The largest absolute Gasteiger partial charge is 0.399 e. The molecule has 0 amide bonds. The molecule has 4 rings (SSSR count). The summed E-state index contributed by atoms with van der Waals surface area (Å²) in [5, 5.41) is 17.2. The van der Waals surface area contributed by atoms with Crippen LogP contribution in [-0.4, -0.2) is 25.9 Å². The Labute approximate surface area is 206 Å². The molecule has 0 bridgehead atoms. The third-order valence-electron chi connectivity index (χ3n) is 5.13. The van der Waals surface area contributed by atoms with Crippen molar-refractivity contribution in [1.82, 2.24) is 0 Å². The maximum Gasteiger partial charge on any atom is 0.296 e. The van der Waals surface area contributed by atoms with Crippen LogP contribution < -0.4 is 5.73 Å². The van der Waals surface area contributed by atoms with E-state index in [2.05, 4.69) is 20.5 Å². The molecule has 0 spiro atoms. The standard InChI is InChI=1S/C23H19N5O6S2/c1-14-12-15(24)6-9-19(14)25-27-21-11-10-20(17-8-7-16(13-18(17)21)35(29,30)31)26-28-22-4-2-3-5-23(22)36(32,33)34/h2-13H,24H2,1H3,(H,29,30,31)(H,32,33,34)/b27-25+,28-26+. The molecule has 4 aromatic rings. The Bertz CT molecular complexity index is 1770. The van der Waals surface area contributed by atoms with Crippen LogP contribution >= 0.6 is 0 Å². The first-order valence-corrected chi connectivity index (χ1v) is 13.1. The van der Waals surface area contributed by atoms with E-state index in [0.29, 0.717) is 22.1 Å². The lowest BCUT2D eigenvalue weighted by atomic mass is 10.1. The molecule has 0 aliphatic rings. The molecule has 0 saturated heterocycles. The lowest BCUT2D eigenvalue weighted by Gasteiger charge is -2.07. The maximum atomic E-state index is 11.7. The summed E-state index contributed by atoms with van der Waals surface area (Å²) < 4.78 is 65.7. The van der Waals surface area contributed by atoms with Crippen molar-refractivity contribution in [3.8, 4) is 0 Å². The monoisotopic (exact) mass is 525 g/mol. The van der Waals surface area contributed by atoms with Gasteiger partial charge in [0.05, 0.1) is 22.0 Å². The van der Waals surface area contributed by atoms with E-state index in [1.54, 1.807) is 24.3 Å². The fraction of sp³-hybridized carbons (Fsp3) is 0.0435. The topological polar surface area (TPSA) is 184 Å². The molecule has 0 aliphatic carbocycles. The number of benzene rings is 4. The molecular formula is C23H19N5O6S2. The van der Waals surface area contributed by atoms with Gasteiger partial charge in [0.15, 0.2) is 0 Å². The van der Waals surface area contributed by atoms with Gasteiger partial charge >= 0.3 is 0 Å². The zero-order chi connectivity index (χ0) is 26.1. The lowest BCUT2D eigenvalue weighted by molar-refractivity contribution is 0.481. The van der Waals surface area contributed by atoms with Crippen molar-refractivity contribution in [2.24, 2.45) is 20.5 Å². The van der Waals surface area contributed by atoms with Crippen LogP contribution in [0.1, 0.15) is 5.56 Å². The third-order valence-corrected chi connectivity index (χ3v) is 6.89. The van der Waals surface area contributed by atoms with Gasteiger partial charge in [-0.3, -0.25) is 9.11 Å². The predicted molar refractivity (Wildman–Crippen MR) is 134 cm³/mol. The molecule has 4 N–H and O–H groups in total. The highest BCUT2D eigenvalue weighted by atomic mass is 32.2. The minimum atomic E-state index is -4.53. The van der Waals surface area contributed by atoms with Crippen molar-refractivity contribution < 1.29 is 25.9 Å². The zero-order valence-corrected chi connectivity index (χ0v) is 20.3. The van der Waals surface area contributed by atoms with Gasteiger partial charge in [-0.25, -0.2) is 0 Å². The molecule has 0 unspecified atom stereocenters. The van der Waals surface area contributed by atoms with E-state index < -0.39 is 25.1 Å². The molecular weight excluding hydrogens is 506 g/mol. The molecule has 184 valence electrons. The molecule has 11 nitrogen and oxygen atoms in total. The maximum absolute atomic E-state index is 11.7. The number of fused-ring (bicyclic) bond motifs is 1. The molecule has 0 heterocycles. The summed E-state index contributed by atoms with van der Waals surface area (Å²) in [5.41, 5.74) is 8.11. The van der Waals surface area contributed by atoms with E-state index >= 15 is 0 Å². The van der Waals surface area contributed by atoms with Gasteiger partial charge in [0.1, 0.15) is 10.6 Å². The minimum Gasteiger partial charge on any atom is -0.399 e. The molecule has 0 fully saturated rings. The highest BCUT2D eigenvalue weighted by Crippen LogP contribution is 2.37. The van der Waals surface area contributed by atoms with E-state index in [1.165, 1.54) is 48.5 Å². The first kappa shape index (κ1) is 25.1. The first-order valence-electron chi connectivity index (χ1n) is 10.2. The molecule has 0 atom stereocenters. The Balaban J connectivity index is 1.85. The zero-order valence-electron chi connectivity index (χ0n) is 18.6. The number of hydrogen-bond acceptors (Lipinski definition) is 9. The van der Waals surface area contributed by atoms with Crippen LogP contribution in [0.5, 0.6) is 0 Å². The van der Waals surface area contributed by atoms with Gasteiger partial charge in [-0.05, 0) is 67.1 Å². The van der Waals surface area contributed by atoms with E-state index in [-0.39, 0.29) is 22.0 Å². The number of nitrogen functional groups attached to an aromatic ring is 1. The summed E-state index contributed by atoms with van der Waals surface area (Å²) >= 11 is 0. The molecule has 36 heavy (non-hydrogen) atoms. The van der Waals surface area contributed by atoms with Gasteiger partial charge in [0, 0.05) is 16.5 Å². The molecule has 13 heteroatoms. The van der Waals surface area contributed by atoms with Crippen LogP contribution in [0.25, 0.3) is 10.8 Å². The van der Waals surface area contributed by atoms with Gasteiger partial charge < -0.3 is 5.73 Å².